The third kappa shape index (κ3) is 9.08. The predicted octanol–water partition coefficient (Wildman–Crippen LogP) is 5.26. The van der Waals surface area contributed by atoms with Gasteiger partial charge in [-0.05, 0) is 24.2 Å². The fraction of sp³-hybridized carbons (Fsp3) is 0.810. The monoisotopic (exact) mass is 350 g/mol. The van der Waals surface area contributed by atoms with E-state index in [4.69, 9.17) is 4.74 Å². The van der Waals surface area contributed by atoms with Gasteiger partial charge in [-0.3, -0.25) is 4.79 Å². The van der Waals surface area contributed by atoms with Crippen molar-refractivity contribution in [2.75, 3.05) is 7.11 Å². The van der Waals surface area contributed by atoms with Crippen LogP contribution in [0.1, 0.15) is 78.3 Å². The van der Waals surface area contributed by atoms with Gasteiger partial charge >= 0.3 is 5.97 Å². The molecule has 0 saturated heterocycles. The van der Waals surface area contributed by atoms with E-state index >= 15 is 0 Å². The van der Waals surface area contributed by atoms with Gasteiger partial charge in [-0.2, -0.15) is 0 Å². The predicted molar refractivity (Wildman–Crippen MR) is 103 cm³/mol. The van der Waals surface area contributed by atoms with Crippen LogP contribution in [-0.2, 0) is 22.5 Å². The van der Waals surface area contributed by atoms with Gasteiger partial charge in [-0.25, -0.2) is 4.98 Å². The summed E-state index contributed by atoms with van der Waals surface area (Å²) < 4.78 is 6.84. The summed E-state index contributed by atoms with van der Waals surface area (Å²) in [6, 6.07) is 0. The zero-order chi connectivity index (χ0) is 18.7. The molecule has 3 unspecified atom stereocenters. The van der Waals surface area contributed by atoms with Gasteiger partial charge in [0.25, 0.3) is 0 Å². The first-order chi connectivity index (χ1) is 12.0. The standard InChI is InChI=1S/C21H38N2O2/c1-6-17(2)9-7-10-18(3)11-8-12-19(4)15-23-16-22-14-20(23)13-21(24)25-5/h14,16-19H,6-13,15H2,1-5H3. The first-order valence-electron chi connectivity index (χ1n) is 10.0. The second-order valence-electron chi connectivity index (χ2n) is 7.88. The maximum Gasteiger partial charge on any atom is 0.311 e. The Kier molecular flexibility index (Phi) is 10.5. The number of ether oxygens (including phenoxy) is 1. The number of carbonyl (C=O) groups is 1. The maximum absolute atomic E-state index is 11.4. The largest absolute Gasteiger partial charge is 0.469 e. The van der Waals surface area contributed by atoms with Crippen molar-refractivity contribution in [3.63, 3.8) is 0 Å². The minimum atomic E-state index is -0.208. The van der Waals surface area contributed by atoms with Crippen molar-refractivity contribution < 1.29 is 9.53 Å². The van der Waals surface area contributed by atoms with Gasteiger partial charge in [0.15, 0.2) is 0 Å². The molecule has 0 aliphatic carbocycles. The number of hydrogen-bond acceptors (Lipinski definition) is 3. The van der Waals surface area contributed by atoms with Crippen molar-refractivity contribution in [3.05, 3.63) is 18.2 Å². The second-order valence-corrected chi connectivity index (χ2v) is 7.88. The molecule has 3 atom stereocenters. The van der Waals surface area contributed by atoms with E-state index in [0.717, 1.165) is 24.1 Å². The van der Waals surface area contributed by atoms with Crippen LogP contribution in [0.5, 0.6) is 0 Å². The molecule has 0 spiro atoms. The van der Waals surface area contributed by atoms with Crippen molar-refractivity contribution in [1.82, 2.24) is 9.55 Å². The molecular formula is C21H38N2O2. The lowest BCUT2D eigenvalue weighted by Crippen LogP contribution is -2.13. The molecule has 0 N–H and O–H groups in total. The first-order valence-corrected chi connectivity index (χ1v) is 10.0. The van der Waals surface area contributed by atoms with Gasteiger partial charge in [0.2, 0.25) is 0 Å². The third-order valence-corrected chi connectivity index (χ3v) is 5.34. The van der Waals surface area contributed by atoms with Gasteiger partial charge in [-0.1, -0.05) is 66.2 Å². The minimum absolute atomic E-state index is 0.208. The molecule has 4 nitrogen and oxygen atoms in total. The van der Waals surface area contributed by atoms with Crippen LogP contribution in [0.3, 0.4) is 0 Å². The van der Waals surface area contributed by atoms with E-state index < -0.39 is 0 Å². The highest BCUT2D eigenvalue weighted by atomic mass is 16.5. The Bertz CT molecular complexity index is 484. The summed E-state index contributed by atoms with van der Waals surface area (Å²) in [5, 5.41) is 0. The molecule has 0 aliphatic rings. The van der Waals surface area contributed by atoms with E-state index in [1.807, 2.05) is 6.33 Å². The third-order valence-electron chi connectivity index (χ3n) is 5.34. The lowest BCUT2D eigenvalue weighted by Gasteiger charge is -2.17. The molecule has 0 bridgehead atoms. The van der Waals surface area contributed by atoms with Crippen molar-refractivity contribution in [2.24, 2.45) is 17.8 Å². The second kappa shape index (κ2) is 12.1. The summed E-state index contributed by atoms with van der Waals surface area (Å²) in [7, 11) is 1.43. The normalized spacial score (nSPS) is 14.9. The fourth-order valence-corrected chi connectivity index (χ4v) is 3.28. The number of hydrogen-bond donors (Lipinski definition) is 0. The molecule has 0 amide bonds. The maximum atomic E-state index is 11.4. The first kappa shape index (κ1) is 21.7. The Morgan fingerprint density at radius 1 is 1.08 bits per heavy atom. The van der Waals surface area contributed by atoms with E-state index in [0.29, 0.717) is 12.3 Å². The quantitative estimate of drug-likeness (QED) is 0.456. The minimum Gasteiger partial charge on any atom is -0.469 e. The topological polar surface area (TPSA) is 44.1 Å². The molecule has 1 heterocycles. The summed E-state index contributed by atoms with van der Waals surface area (Å²) in [5.41, 5.74) is 0.942. The average molecular weight is 351 g/mol. The number of rotatable bonds is 13. The number of aromatic nitrogens is 2. The number of esters is 1. The summed E-state index contributed by atoms with van der Waals surface area (Å²) in [5.74, 6) is 2.10. The van der Waals surface area contributed by atoms with E-state index in [9.17, 15) is 4.79 Å². The van der Waals surface area contributed by atoms with Crippen molar-refractivity contribution in [1.29, 1.82) is 0 Å². The molecule has 0 fully saturated rings. The summed E-state index contributed by atoms with van der Waals surface area (Å²) >= 11 is 0. The van der Waals surface area contributed by atoms with Crippen LogP contribution < -0.4 is 0 Å². The van der Waals surface area contributed by atoms with Crippen molar-refractivity contribution >= 4 is 5.97 Å². The van der Waals surface area contributed by atoms with Gasteiger partial charge < -0.3 is 9.30 Å². The molecular weight excluding hydrogens is 312 g/mol. The Hall–Kier alpha value is -1.32. The smallest absolute Gasteiger partial charge is 0.311 e. The molecule has 0 aromatic carbocycles. The van der Waals surface area contributed by atoms with Crippen LogP contribution >= 0.6 is 0 Å². The van der Waals surface area contributed by atoms with Gasteiger partial charge in [0.05, 0.1) is 19.9 Å². The zero-order valence-electron chi connectivity index (χ0n) is 17.0. The van der Waals surface area contributed by atoms with Crippen LogP contribution in [-0.4, -0.2) is 22.6 Å². The van der Waals surface area contributed by atoms with Gasteiger partial charge in [0.1, 0.15) is 0 Å². The van der Waals surface area contributed by atoms with Crippen LogP contribution in [0.25, 0.3) is 0 Å². The molecule has 1 aromatic rings. The lowest BCUT2D eigenvalue weighted by atomic mass is 9.92. The molecule has 0 radical (unpaired) electrons. The number of methoxy groups -OCH3 is 1. The van der Waals surface area contributed by atoms with E-state index in [2.05, 4.69) is 37.2 Å². The Labute approximate surface area is 154 Å². The Morgan fingerprint density at radius 2 is 1.68 bits per heavy atom. The Balaban J connectivity index is 2.23. The van der Waals surface area contributed by atoms with Crippen molar-refractivity contribution in [2.45, 2.75) is 85.6 Å². The molecule has 0 saturated carbocycles. The zero-order valence-corrected chi connectivity index (χ0v) is 17.0. The average Bonchev–Trinajstić information content (AvgIpc) is 3.01. The molecule has 4 heteroatoms. The number of nitrogens with zero attached hydrogens (tertiary/aromatic N) is 2. The van der Waals surface area contributed by atoms with Gasteiger partial charge in [-0.15, -0.1) is 0 Å². The van der Waals surface area contributed by atoms with Crippen molar-refractivity contribution in [3.8, 4) is 0 Å². The van der Waals surface area contributed by atoms with Crippen LogP contribution in [0.2, 0.25) is 0 Å². The van der Waals surface area contributed by atoms with E-state index in [1.165, 1.54) is 52.1 Å². The summed E-state index contributed by atoms with van der Waals surface area (Å²) in [6.07, 6.45) is 13.1. The highest BCUT2D eigenvalue weighted by Crippen LogP contribution is 2.21. The molecule has 1 rings (SSSR count). The molecule has 25 heavy (non-hydrogen) atoms. The molecule has 0 aliphatic heterocycles. The lowest BCUT2D eigenvalue weighted by molar-refractivity contribution is -0.139. The van der Waals surface area contributed by atoms with Gasteiger partial charge in [0, 0.05) is 18.4 Å². The van der Waals surface area contributed by atoms with E-state index in [1.54, 1.807) is 6.20 Å². The summed E-state index contributed by atoms with van der Waals surface area (Å²) in [4.78, 5) is 15.6. The highest BCUT2D eigenvalue weighted by Gasteiger charge is 2.12. The highest BCUT2D eigenvalue weighted by molar-refractivity contribution is 5.71. The molecule has 1 aromatic heterocycles. The van der Waals surface area contributed by atoms with E-state index in [-0.39, 0.29) is 5.97 Å². The number of imidazole rings is 1. The Morgan fingerprint density at radius 3 is 2.28 bits per heavy atom. The number of carbonyl (C=O) groups excluding carboxylic acids is 1. The fourth-order valence-electron chi connectivity index (χ4n) is 3.28. The molecule has 144 valence electrons. The van der Waals surface area contributed by atoms with Crippen LogP contribution in [0, 0.1) is 17.8 Å². The van der Waals surface area contributed by atoms with Crippen LogP contribution in [0.15, 0.2) is 12.5 Å². The van der Waals surface area contributed by atoms with Crippen LogP contribution in [0.4, 0.5) is 0 Å². The SMILES string of the molecule is CCC(C)CCCC(C)CCCC(C)Cn1cncc1CC(=O)OC. The summed E-state index contributed by atoms with van der Waals surface area (Å²) in [6.45, 7) is 10.2.